The lowest BCUT2D eigenvalue weighted by atomic mass is 10.4. The van der Waals surface area contributed by atoms with E-state index in [-0.39, 0.29) is 23.8 Å². The van der Waals surface area contributed by atoms with E-state index in [1.165, 1.54) is 12.5 Å². The van der Waals surface area contributed by atoms with Crippen molar-refractivity contribution in [2.45, 2.75) is 24.9 Å². The van der Waals surface area contributed by atoms with E-state index in [1.807, 2.05) is 6.92 Å². The molecule has 0 fully saturated rings. The van der Waals surface area contributed by atoms with Crippen LogP contribution in [0.5, 0.6) is 0 Å². The molecule has 0 amide bonds. The Morgan fingerprint density at radius 1 is 1.71 bits per heavy atom. The molecule has 0 saturated carbocycles. The number of nitrogens with zero attached hydrogens (tertiary/aromatic N) is 3. The zero-order valence-electron chi connectivity index (χ0n) is 9.37. The van der Waals surface area contributed by atoms with Crippen molar-refractivity contribution in [3.05, 3.63) is 12.5 Å². The van der Waals surface area contributed by atoms with Crippen LogP contribution in [-0.4, -0.2) is 35.6 Å². The van der Waals surface area contributed by atoms with Crippen molar-refractivity contribution in [2.75, 3.05) is 6.54 Å². The molecule has 0 aromatic carbocycles. The average Bonchev–Trinajstić information content (AvgIpc) is 2.77. The Balaban J connectivity index is 2.63. The molecule has 0 bridgehead atoms. The van der Waals surface area contributed by atoms with E-state index in [0.717, 1.165) is 0 Å². The van der Waals surface area contributed by atoms with Gasteiger partial charge in [-0.3, -0.25) is 0 Å². The van der Waals surface area contributed by atoms with Crippen LogP contribution in [0.3, 0.4) is 0 Å². The van der Waals surface area contributed by atoms with Crippen molar-refractivity contribution in [1.29, 1.82) is 0 Å². The van der Waals surface area contributed by atoms with Crippen LogP contribution in [0.1, 0.15) is 13.3 Å². The zero-order chi connectivity index (χ0) is 12.9. The quantitative estimate of drug-likeness (QED) is 0.271. The maximum absolute atomic E-state index is 11.7. The van der Waals surface area contributed by atoms with Crippen LogP contribution in [0.2, 0.25) is 0 Å². The topological polar surface area (TPSA) is 123 Å². The molecule has 0 aliphatic rings. The summed E-state index contributed by atoms with van der Waals surface area (Å²) in [6.45, 7) is 2.58. The Labute approximate surface area is 99.2 Å². The highest BCUT2D eigenvalue weighted by atomic mass is 32.2. The van der Waals surface area contributed by atoms with E-state index >= 15 is 0 Å². The van der Waals surface area contributed by atoms with Gasteiger partial charge in [-0.1, -0.05) is 5.16 Å². The monoisotopic (exact) mass is 261 g/mol. The Morgan fingerprint density at radius 2 is 2.41 bits per heavy atom. The van der Waals surface area contributed by atoms with Gasteiger partial charge in [-0.2, -0.15) is 0 Å². The lowest BCUT2D eigenvalue weighted by Gasteiger charge is -2.02. The van der Waals surface area contributed by atoms with E-state index < -0.39 is 10.0 Å². The number of nitrogens with two attached hydrogens (primary N) is 1. The standard InChI is InChI=1S/C8H15N5O3S/c1-2-13-5-8(10-6-13)17(15,16)11-4-3-7(9)12-14/h5-6,11,14H,2-4H2,1H3,(H2,9,12). The second-order valence-corrected chi connectivity index (χ2v) is 5.00. The van der Waals surface area contributed by atoms with E-state index in [0.29, 0.717) is 6.54 Å². The fourth-order valence-corrected chi connectivity index (χ4v) is 2.07. The number of rotatable bonds is 6. The van der Waals surface area contributed by atoms with Gasteiger partial charge in [-0.05, 0) is 6.92 Å². The third kappa shape index (κ3) is 3.71. The van der Waals surface area contributed by atoms with E-state index in [9.17, 15) is 8.42 Å². The van der Waals surface area contributed by atoms with Gasteiger partial charge in [0.15, 0.2) is 5.03 Å². The van der Waals surface area contributed by atoms with Gasteiger partial charge in [-0.15, -0.1) is 0 Å². The highest BCUT2D eigenvalue weighted by Gasteiger charge is 2.16. The largest absolute Gasteiger partial charge is 0.409 e. The molecule has 4 N–H and O–H groups in total. The predicted octanol–water partition coefficient (Wildman–Crippen LogP) is -0.682. The van der Waals surface area contributed by atoms with Crippen LogP contribution in [-0.2, 0) is 16.6 Å². The van der Waals surface area contributed by atoms with E-state index in [4.69, 9.17) is 10.9 Å². The van der Waals surface area contributed by atoms with E-state index in [1.54, 1.807) is 4.57 Å². The minimum Gasteiger partial charge on any atom is -0.409 e. The summed E-state index contributed by atoms with van der Waals surface area (Å²) < 4.78 is 27.4. The first-order valence-corrected chi connectivity index (χ1v) is 6.45. The smallest absolute Gasteiger partial charge is 0.259 e. The minimum absolute atomic E-state index is 0.0354. The van der Waals surface area contributed by atoms with Gasteiger partial charge in [0.1, 0.15) is 5.84 Å². The molecule has 9 heteroatoms. The summed E-state index contributed by atoms with van der Waals surface area (Å²) in [6, 6.07) is 0. The van der Waals surface area contributed by atoms with Crippen molar-refractivity contribution in [2.24, 2.45) is 10.9 Å². The van der Waals surface area contributed by atoms with Gasteiger partial charge in [0.2, 0.25) is 0 Å². The minimum atomic E-state index is -3.63. The number of aromatic nitrogens is 2. The lowest BCUT2D eigenvalue weighted by Crippen LogP contribution is -2.28. The number of nitrogens with one attached hydrogen (secondary N) is 1. The van der Waals surface area contributed by atoms with Crippen molar-refractivity contribution in [1.82, 2.24) is 14.3 Å². The summed E-state index contributed by atoms with van der Waals surface area (Å²) in [5, 5.41) is 11.0. The van der Waals surface area contributed by atoms with Crippen LogP contribution in [0.4, 0.5) is 0 Å². The molecular formula is C8H15N5O3S. The van der Waals surface area contributed by atoms with Crippen LogP contribution in [0.25, 0.3) is 0 Å². The molecule has 0 atom stereocenters. The summed E-state index contributed by atoms with van der Waals surface area (Å²) in [6.07, 6.45) is 3.01. The van der Waals surface area contributed by atoms with Gasteiger partial charge >= 0.3 is 0 Å². The molecule has 1 rings (SSSR count). The molecule has 17 heavy (non-hydrogen) atoms. The average molecular weight is 261 g/mol. The molecule has 0 aliphatic carbocycles. The Bertz CT molecular complexity index is 493. The lowest BCUT2D eigenvalue weighted by molar-refractivity contribution is 0.317. The molecule has 0 saturated heterocycles. The second-order valence-electron chi connectivity index (χ2n) is 3.28. The fraction of sp³-hybridized carbons (Fsp3) is 0.500. The Hall–Kier alpha value is -1.61. The van der Waals surface area contributed by atoms with Gasteiger partial charge < -0.3 is 15.5 Å². The zero-order valence-corrected chi connectivity index (χ0v) is 10.2. The summed E-state index contributed by atoms with van der Waals surface area (Å²) >= 11 is 0. The van der Waals surface area contributed by atoms with Crippen molar-refractivity contribution >= 4 is 15.9 Å². The van der Waals surface area contributed by atoms with Crippen molar-refractivity contribution < 1.29 is 13.6 Å². The predicted molar refractivity (Wildman–Crippen MR) is 61.1 cm³/mol. The molecule has 0 aliphatic heterocycles. The van der Waals surface area contributed by atoms with Crippen LogP contribution >= 0.6 is 0 Å². The van der Waals surface area contributed by atoms with Crippen molar-refractivity contribution in [3.63, 3.8) is 0 Å². The SMILES string of the molecule is CCn1cnc(S(=O)(=O)NCCC(N)=NO)c1. The normalized spacial score (nSPS) is 12.9. The van der Waals surface area contributed by atoms with Gasteiger partial charge in [0.05, 0.1) is 6.33 Å². The number of aryl methyl sites for hydroxylation is 1. The number of hydrogen-bond donors (Lipinski definition) is 3. The fourth-order valence-electron chi connectivity index (χ4n) is 1.09. The van der Waals surface area contributed by atoms with Crippen LogP contribution in [0, 0.1) is 0 Å². The van der Waals surface area contributed by atoms with Crippen molar-refractivity contribution in [3.8, 4) is 0 Å². The maximum atomic E-state index is 11.7. The third-order valence-corrected chi connectivity index (χ3v) is 3.40. The molecule has 0 spiro atoms. The molecule has 1 aromatic rings. The van der Waals surface area contributed by atoms with Crippen LogP contribution < -0.4 is 10.5 Å². The van der Waals surface area contributed by atoms with Gasteiger partial charge in [-0.25, -0.2) is 18.1 Å². The second kappa shape index (κ2) is 5.64. The molecule has 1 aromatic heterocycles. The molecule has 1 heterocycles. The van der Waals surface area contributed by atoms with E-state index in [2.05, 4.69) is 14.9 Å². The summed E-state index contributed by atoms with van der Waals surface area (Å²) in [7, 11) is -3.63. The van der Waals surface area contributed by atoms with Gasteiger partial charge in [0.25, 0.3) is 10.0 Å². The number of amidine groups is 1. The summed E-state index contributed by atoms with van der Waals surface area (Å²) in [5.74, 6) is -0.0354. The number of imidazole rings is 1. The number of oxime groups is 1. The third-order valence-electron chi connectivity index (χ3n) is 2.05. The first-order chi connectivity index (χ1) is 7.99. The molecular weight excluding hydrogens is 246 g/mol. The number of sulfonamides is 1. The molecule has 96 valence electrons. The summed E-state index contributed by atoms with van der Waals surface area (Å²) in [4.78, 5) is 3.78. The Kier molecular flexibility index (Phi) is 4.46. The maximum Gasteiger partial charge on any atom is 0.259 e. The number of hydrogen-bond acceptors (Lipinski definition) is 5. The molecule has 8 nitrogen and oxygen atoms in total. The molecule has 0 radical (unpaired) electrons. The van der Waals surface area contributed by atoms with Crippen LogP contribution in [0.15, 0.2) is 22.7 Å². The summed E-state index contributed by atoms with van der Waals surface area (Å²) in [5.41, 5.74) is 5.21. The van der Waals surface area contributed by atoms with Gasteiger partial charge in [0, 0.05) is 25.7 Å². The molecule has 0 unspecified atom stereocenters. The Morgan fingerprint density at radius 3 is 2.94 bits per heavy atom. The highest BCUT2D eigenvalue weighted by molar-refractivity contribution is 7.89. The first kappa shape index (κ1) is 13.5. The first-order valence-electron chi connectivity index (χ1n) is 4.97. The highest BCUT2D eigenvalue weighted by Crippen LogP contribution is 2.04.